The molecule has 3 rings (SSSR count). The van der Waals surface area contributed by atoms with E-state index in [0.29, 0.717) is 5.17 Å². The molecule has 0 radical (unpaired) electrons. The molecule has 120 valence electrons. The predicted octanol–water partition coefficient (Wildman–Crippen LogP) is 3.09. The van der Waals surface area contributed by atoms with Crippen molar-refractivity contribution in [1.82, 2.24) is 4.90 Å². The Bertz CT molecular complexity index is 676. The molecular weight excluding hydrogens is 340 g/mol. The molecule has 0 N–H and O–H groups in total. The van der Waals surface area contributed by atoms with E-state index in [9.17, 15) is 13.2 Å². The zero-order chi connectivity index (χ0) is 15.7. The van der Waals surface area contributed by atoms with E-state index in [2.05, 4.69) is 4.40 Å². The van der Waals surface area contributed by atoms with E-state index in [1.54, 1.807) is 22.4 Å². The summed E-state index contributed by atoms with van der Waals surface area (Å²) >= 11 is 2.40. The molecule has 1 saturated carbocycles. The van der Waals surface area contributed by atoms with Gasteiger partial charge in [0.15, 0.2) is 5.17 Å². The monoisotopic (exact) mass is 358 g/mol. The van der Waals surface area contributed by atoms with Crippen molar-refractivity contribution in [2.45, 2.75) is 54.5 Å². The summed E-state index contributed by atoms with van der Waals surface area (Å²) in [4.78, 5) is 14.1. The number of thioether (sulfide) groups is 1. The van der Waals surface area contributed by atoms with Gasteiger partial charge in [-0.15, -0.1) is 15.7 Å². The zero-order valence-corrected chi connectivity index (χ0v) is 14.7. The lowest BCUT2D eigenvalue weighted by Gasteiger charge is -2.30. The summed E-state index contributed by atoms with van der Waals surface area (Å²) in [6, 6.07) is 3.32. The molecule has 1 atom stereocenters. The Hall–Kier alpha value is -0.860. The Morgan fingerprint density at radius 1 is 1.27 bits per heavy atom. The fourth-order valence-corrected chi connectivity index (χ4v) is 6.05. The van der Waals surface area contributed by atoms with Gasteiger partial charge in [0.05, 0.1) is 5.25 Å². The molecular formula is C14H18N2O3S3. The smallest absolute Gasteiger partial charge is 0.287 e. The van der Waals surface area contributed by atoms with Crippen molar-refractivity contribution in [1.29, 1.82) is 0 Å². The normalized spacial score (nSPS) is 26.0. The van der Waals surface area contributed by atoms with Crippen molar-refractivity contribution in [2.75, 3.05) is 0 Å². The maximum absolute atomic E-state index is 12.4. The number of rotatable bonds is 3. The van der Waals surface area contributed by atoms with Crippen LogP contribution in [0.3, 0.4) is 0 Å². The van der Waals surface area contributed by atoms with Crippen molar-refractivity contribution in [2.24, 2.45) is 4.40 Å². The van der Waals surface area contributed by atoms with Gasteiger partial charge in [0.25, 0.3) is 10.0 Å². The highest BCUT2D eigenvalue weighted by Gasteiger charge is 2.40. The maximum Gasteiger partial charge on any atom is 0.294 e. The molecule has 1 aromatic heterocycles. The third kappa shape index (κ3) is 3.09. The Labute approximate surface area is 138 Å². The van der Waals surface area contributed by atoms with Crippen LogP contribution in [0.1, 0.15) is 39.0 Å². The van der Waals surface area contributed by atoms with E-state index in [-0.39, 0.29) is 21.4 Å². The van der Waals surface area contributed by atoms with E-state index >= 15 is 0 Å². The topological polar surface area (TPSA) is 66.8 Å². The molecule has 2 aliphatic rings. The fourth-order valence-electron chi connectivity index (χ4n) is 2.85. The van der Waals surface area contributed by atoms with Crippen LogP contribution in [-0.4, -0.2) is 35.7 Å². The maximum atomic E-state index is 12.4. The third-order valence-corrected chi connectivity index (χ3v) is 7.77. The first kappa shape index (κ1) is 16.0. The molecule has 1 aliphatic carbocycles. The van der Waals surface area contributed by atoms with E-state index in [4.69, 9.17) is 0 Å². The molecule has 2 heterocycles. The van der Waals surface area contributed by atoms with Crippen molar-refractivity contribution in [3.63, 3.8) is 0 Å². The van der Waals surface area contributed by atoms with E-state index in [0.717, 1.165) is 37.0 Å². The first-order valence-corrected chi connectivity index (χ1v) is 10.6. The predicted molar refractivity (Wildman–Crippen MR) is 89.7 cm³/mol. The molecule has 0 spiro atoms. The second kappa shape index (κ2) is 6.33. The number of hydrogen-bond donors (Lipinski definition) is 0. The van der Waals surface area contributed by atoms with Gasteiger partial charge in [-0.25, -0.2) is 0 Å². The molecule has 22 heavy (non-hydrogen) atoms. The van der Waals surface area contributed by atoms with Gasteiger partial charge in [-0.05, 0) is 31.2 Å². The number of amidine groups is 1. The minimum Gasteiger partial charge on any atom is -0.287 e. The number of carbonyl (C=O) groups excluding carboxylic acids is 1. The van der Waals surface area contributed by atoms with Crippen LogP contribution in [-0.2, 0) is 14.8 Å². The van der Waals surface area contributed by atoms with Crippen LogP contribution in [0.15, 0.2) is 26.1 Å². The quantitative estimate of drug-likeness (QED) is 0.833. The van der Waals surface area contributed by atoms with Crippen LogP contribution in [0.4, 0.5) is 0 Å². The van der Waals surface area contributed by atoms with E-state index in [1.165, 1.54) is 18.2 Å². The number of nitrogens with zero attached hydrogens (tertiary/aromatic N) is 2. The molecule has 1 aromatic rings. The zero-order valence-electron chi connectivity index (χ0n) is 12.3. The average molecular weight is 359 g/mol. The molecule has 1 amide bonds. The lowest BCUT2D eigenvalue weighted by molar-refractivity contribution is -0.127. The Balaban J connectivity index is 1.93. The molecule has 0 aromatic carbocycles. The Morgan fingerprint density at radius 3 is 2.64 bits per heavy atom. The van der Waals surface area contributed by atoms with Gasteiger partial charge < -0.3 is 0 Å². The highest BCUT2D eigenvalue weighted by molar-refractivity contribution is 8.16. The largest absolute Gasteiger partial charge is 0.294 e. The SMILES string of the molecule is C[C@@H]1SC(=NS(=O)(=O)c2cccs2)N(C2CCCCC2)C1=O. The molecule has 5 nitrogen and oxygen atoms in total. The third-order valence-electron chi connectivity index (χ3n) is 3.96. The van der Waals surface area contributed by atoms with Crippen LogP contribution in [0, 0.1) is 0 Å². The van der Waals surface area contributed by atoms with Gasteiger partial charge in [0, 0.05) is 6.04 Å². The second-order valence-electron chi connectivity index (χ2n) is 5.54. The number of hydrogen-bond acceptors (Lipinski definition) is 5. The number of thiophene rings is 1. The first-order chi connectivity index (χ1) is 10.5. The summed E-state index contributed by atoms with van der Waals surface area (Å²) in [5, 5.41) is 1.79. The average Bonchev–Trinajstić information content (AvgIpc) is 3.10. The minimum absolute atomic E-state index is 0.0166. The van der Waals surface area contributed by atoms with Gasteiger partial charge in [0.2, 0.25) is 5.91 Å². The molecule has 0 bridgehead atoms. The van der Waals surface area contributed by atoms with E-state index in [1.807, 2.05) is 6.92 Å². The summed E-state index contributed by atoms with van der Waals surface area (Å²) in [6.07, 6.45) is 5.20. The summed E-state index contributed by atoms with van der Waals surface area (Å²) in [5.74, 6) is -0.0166. The van der Waals surface area contributed by atoms with Gasteiger partial charge >= 0.3 is 0 Å². The van der Waals surface area contributed by atoms with Crippen molar-refractivity contribution < 1.29 is 13.2 Å². The van der Waals surface area contributed by atoms with Gasteiger partial charge in [-0.2, -0.15) is 8.42 Å². The fraction of sp³-hybridized carbons (Fsp3) is 0.571. The summed E-state index contributed by atoms with van der Waals surface area (Å²) in [6.45, 7) is 1.81. The summed E-state index contributed by atoms with van der Waals surface area (Å²) in [7, 11) is -3.73. The molecule has 2 fully saturated rings. The highest BCUT2D eigenvalue weighted by Crippen LogP contribution is 2.34. The molecule has 8 heteroatoms. The van der Waals surface area contributed by atoms with Crippen LogP contribution in [0.2, 0.25) is 0 Å². The van der Waals surface area contributed by atoms with Crippen LogP contribution in [0.5, 0.6) is 0 Å². The standard InChI is InChI=1S/C14H18N2O3S3/c1-10-13(17)16(11-6-3-2-4-7-11)14(21-10)15-22(18,19)12-8-5-9-20-12/h5,8-11H,2-4,6-7H2,1H3/t10-/m0/s1. The van der Waals surface area contributed by atoms with Gasteiger partial charge in [0.1, 0.15) is 4.21 Å². The van der Waals surface area contributed by atoms with Gasteiger partial charge in [-0.1, -0.05) is 37.1 Å². The molecule has 1 saturated heterocycles. The van der Waals surface area contributed by atoms with E-state index < -0.39 is 10.0 Å². The molecule has 1 aliphatic heterocycles. The highest BCUT2D eigenvalue weighted by atomic mass is 32.2. The number of sulfonamides is 1. The Kier molecular flexibility index (Phi) is 4.61. The van der Waals surface area contributed by atoms with Crippen molar-refractivity contribution in [3.05, 3.63) is 17.5 Å². The van der Waals surface area contributed by atoms with Gasteiger partial charge in [-0.3, -0.25) is 9.69 Å². The minimum atomic E-state index is -3.73. The lowest BCUT2D eigenvalue weighted by Crippen LogP contribution is -2.42. The Morgan fingerprint density at radius 2 is 2.00 bits per heavy atom. The number of amides is 1. The van der Waals surface area contributed by atoms with Crippen LogP contribution in [0.25, 0.3) is 0 Å². The van der Waals surface area contributed by atoms with Crippen molar-refractivity contribution >= 4 is 44.2 Å². The first-order valence-electron chi connectivity index (χ1n) is 7.37. The summed E-state index contributed by atoms with van der Waals surface area (Å²) < 4.78 is 28.9. The van der Waals surface area contributed by atoms with Crippen molar-refractivity contribution in [3.8, 4) is 0 Å². The lowest BCUT2D eigenvalue weighted by atomic mass is 9.94. The van der Waals surface area contributed by atoms with Crippen LogP contribution >= 0.6 is 23.1 Å². The number of carbonyl (C=O) groups is 1. The summed E-state index contributed by atoms with van der Waals surface area (Å²) in [5.41, 5.74) is 0. The van der Waals surface area contributed by atoms with Crippen LogP contribution < -0.4 is 0 Å². The molecule has 0 unspecified atom stereocenters. The second-order valence-corrected chi connectivity index (χ2v) is 9.63.